The van der Waals surface area contributed by atoms with E-state index in [9.17, 15) is 0 Å². The van der Waals surface area contributed by atoms with Gasteiger partial charge in [0.15, 0.2) is 32.5 Å². The van der Waals surface area contributed by atoms with Gasteiger partial charge in [-0.3, -0.25) is 0 Å². The van der Waals surface area contributed by atoms with E-state index < -0.39 is 17.2 Å². The number of hydrogen-bond donors (Lipinski definition) is 0. The molecule has 53 heavy (non-hydrogen) atoms. The summed E-state index contributed by atoms with van der Waals surface area (Å²) in [5, 5.41) is 8.50. The summed E-state index contributed by atoms with van der Waals surface area (Å²) in [6.07, 6.45) is 29.4. The molecule has 0 N–H and O–H groups in total. The zero-order valence-corrected chi connectivity index (χ0v) is 40.5. The van der Waals surface area contributed by atoms with E-state index in [1.54, 1.807) is 52.6 Å². The van der Waals surface area contributed by atoms with Gasteiger partial charge in [0.2, 0.25) is 0 Å². The summed E-state index contributed by atoms with van der Waals surface area (Å²) in [4.78, 5) is 90.2. The molecule has 3 aromatic heterocycles. The number of amidine groups is 3. The summed E-state index contributed by atoms with van der Waals surface area (Å²) < 4.78 is 0. The van der Waals surface area contributed by atoms with Crippen LogP contribution in [0.2, 0.25) is 0 Å². The largest absolute Gasteiger partial charge is 2.00 e. The van der Waals surface area contributed by atoms with Gasteiger partial charge in [0.1, 0.15) is 18.1 Å². The van der Waals surface area contributed by atoms with Crippen molar-refractivity contribution in [1.29, 1.82) is 0 Å². The van der Waals surface area contributed by atoms with E-state index in [1.165, 1.54) is 0 Å². The SMILES string of the molecule is C1=CC2=NC(c3nccs3)=NC2C=C1.C1=CC2=NC(c3nccs3)=NC2C=C1.C1=CC2=NC(c3nccs3)=NC2C=C1.[O-]P([O-])[O-].[O-]P([O-])[O-].[Zn+2].[Zn+2].[Zn+2]. The van der Waals surface area contributed by atoms with E-state index in [1.807, 2.05) is 89.1 Å². The smallest absolute Gasteiger partial charge is 0.854 e. The summed E-state index contributed by atoms with van der Waals surface area (Å²) in [7, 11) is -6.74. The van der Waals surface area contributed by atoms with Crippen LogP contribution in [-0.4, -0.2) is 67.7 Å². The average molecular weight is 958 g/mol. The van der Waals surface area contributed by atoms with Gasteiger partial charge >= 0.3 is 58.4 Å². The Labute approximate surface area is 356 Å². The van der Waals surface area contributed by atoms with Gasteiger partial charge < -0.3 is 46.6 Å². The van der Waals surface area contributed by atoms with Gasteiger partial charge in [0.05, 0.1) is 17.1 Å². The second kappa shape index (κ2) is 24.4. The van der Waals surface area contributed by atoms with E-state index in [4.69, 9.17) is 29.4 Å². The van der Waals surface area contributed by atoms with Crippen LogP contribution < -0.4 is 29.4 Å². The third kappa shape index (κ3) is 14.8. The van der Waals surface area contributed by atoms with Crippen molar-refractivity contribution in [1.82, 2.24) is 15.0 Å². The average Bonchev–Trinajstić information content (AvgIpc) is 3.94. The Bertz CT molecular complexity index is 1750. The third-order valence-corrected chi connectivity index (χ3v) is 8.59. The first kappa shape index (κ1) is 47.0. The zero-order chi connectivity index (χ0) is 35.3. The number of aliphatic imine (C=N–C) groups is 6. The second-order valence-corrected chi connectivity index (χ2v) is 13.1. The number of rotatable bonds is 3. The molecule has 6 aliphatic rings. The molecule has 3 aliphatic heterocycles. The quantitative estimate of drug-likeness (QED) is 0.255. The Morgan fingerprint density at radius 2 is 0.698 bits per heavy atom. The number of fused-ring (bicyclic) bond motifs is 3. The first-order valence-corrected chi connectivity index (χ1v) is 19.0. The van der Waals surface area contributed by atoms with Crippen LogP contribution in [0.4, 0.5) is 0 Å². The first-order chi connectivity index (χ1) is 24.3. The molecular formula is C30H21N9O6P2S3Zn3. The maximum Gasteiger partial charge on any atom is 2.00 e. The number of nitrogens with zero attached hydrogens (tertiary/aromatic N) is 9. The Balaban J connectivity index is 0.000000244. The molecule has 0 fully saturated rings. The molecule has 3 atom stereocenters. The summed E-state index contributed by atoms with van der Waals surface area (Å²) in [6.45, 7) is 0. The summed E-state index contributed by atoms with van der Waals surface area (Å²) in [5.74, 6) is 2.28. The topological polar surface area (TPSA) is 251 Å². The molecule has 0 radical (unpaired) electrons. The van der Waals surface area contributed by atoms with Crippen molar-refractivity contribution in [2.24, 2.45) is 30.0 Å². The van der Waals surface area contributed by atoms with E-state index >= 15 is 0 Å². The van der Waals surface area contributed by atoms with Crippen molar-refractivity contribution in [3.8, 4) is 0 Å². The Hall–Kier alpha value is -2.16. The summed E-state index contributed by atoms with van der Waals surface area (Å²) in [5.41, 5.74) is 3.04. The van der Waals surface area contributed by atoms with Crippen molar-refractivity contribution in [3.63, 3.8) is 0 Å². The molecule has 3 unspecified atom stereocenters. The molecular weight excluding hydrogens is 937 g/mol. The maximum absolute atomic E-state index is 8.48. The molecule has 6 heterocycles. The predicted molar refractivity (Wildman–Crippen MR) is 188 cm³/mol. The standard InChI is InChI=1S/3C10H7N3S.2O3P.3Zn/c3*1-2-4-8-7(3-1)12-9(13-8)10-11-5-6-14-10;2*1-4(2)3;;;/h3*1-7H;;;;;/q;;;2*-3;3*+2. The normalized spacial score (nSPS) is 19.8. The number of allylic oxidation sites excluding steroid dienone is 6. The molecule has 9 rings (SSSR count). The number of hydrogen-bond acceptors (Lipinski definition) is 18. The molecule has 0 aromatic carbocycles. The van der Waals surface area contributed by atoms with Crippen molar-refractivity contribution < 1.29 is 87.8 Å². The molecule has 256 valence electrons. The Kier molecular flexibility index (Phi) is 21.6. The maximum atomic E-state index is 8.48. The predicted octanol–water partition coefficient (Wildman–Crippen LogP) is 0.0976. The van der Waals surface area contributed by atoms with Crippen LogP contribution in [0.15, 0.2) is 138 Å². The monoisotopic (exact) mass is 953 g/mol. The third-order valence-electron chi connectivity index (χ3n) is 6.28. The number of thiazole rings is 3. The van der Waals surface area contributed by atoms with E-state index in [0.717, 1.165) is 49.7 Å². The molecule has 0 saturated heterocycles. The minimum atomic E-state index is -3.37. The fraction of sp³-hybridized carbons (Fsp3) is 0.100. The number of aromatic nitrogens is 3. The van der Waals surface area contributed by atoms with Crippen LogP contribution in [-0.2, 0) is 58.4 Å². The van der Waals surface area contributed by atoms with Gasteiger partial charge in [-0.05, 0) is 18.2 Å². The Morgan fingerprint density at radius 1 is 0.434 bits per heavy atom. The molecule has 23 heteroatoms. The van der Waals surface area contributed by atoms with Crippen molar-refractivity contribution >= 4 is 85.9 Å². The van der Waals surface area contributed by atoms with Crippen LogP contribution in [0, 0.1) is 0 Å². The van der Waals surface area contributed by atoms with Gasteiger partial charge in [-0.2, -0.15) is 0 Å². The van der Waals surface area contributed by atoms with Crippen LogP contribution in [0.1, 0.15) is 15.0 Å². The first-order valence-electron chi connectivity index (χ1n) is 14.1. The van der Waals surface area contributed by atoms with Crippen LogP contribution in [0.25, 0.3) is 0 Å². The molecule has 0 amide bonds. The molecule has 3 aromatic rings. The van der Waals surface area contributed by atoms with Gasteiger partial charge in [0.25, 0.3) is 0 Å². The fourth-order valence-electron chi connectivity index (χ4n) is 4.36. The zero-order valence-electron chi connectivity index (χ0n) is 27.3. The van der Waals surface area contributed by atoms with Crippen molar-refractivity contribution in [2.45, 2.75) is 18.1 Å². The van der Waals surface area contributed by atoms with Crippen LogP contribution in [0.5, 0.6) is 0 Å². The van der Waals surface area contributed by atoms with Crippen LogP contribution in [0.3, 0.4) is 0 Å². The van der Waals surface area contributed by atoms with Gasteiger partial charge in [-0.15, -0.1) is 34.0 Å². The van der Waals surface area contributed by atoms with E-state index in [0.29, 0.717) is 0 Å². The van der Waals surface area contributed by atoms with Gasteiger partial charge in [-0.1, -0.05) is 54.7 Å². The summed E-state index contributed by atoms with van der Waals surface area (Å²) in [6, 6.07) is 0.330. The van der Waals surface area contributed by atoms with Gasteiger partial charge in [0, 0.05) is 34.7 Å². The summed E-state index contributed by atoms with van der Waals surface area (Å²) >= 11 is 4.71. The van der Waals surface area contributed by atoms with Crippen molar-refractivity contribution in [3.05, 3.63) is 123 Å². The van der Waals surface area contributed by atoms with Crippen LogP contribution >= 0.6 is 51.2 Å². The minimum Gasteiger partial charge on any atom is -0.854 e. The fourth-order valence-corrected chi connectivity index (χ4v) is 6.09. The van der Waals surface area contributed by atoms with E-state index in [2.05, 4.69) is 44.9 Å². The second-order valence-electron chi connectivity index (χ2n) is 9.49. The molecule has 0 spiro atoms. The van der Waals surface area contributed by atoms with Gasteiger partial charge in [-0.25, -0.2) is 44.9 Å². The molecule has 0 saturated carbocycles. The molecule has 0 bridgehead atoms. The molecule has 15 nitrogen and oxygen atoms in total. The van der Waals surface area contributed by atoms with E-state index in [-0.39, 0.29) is 76.6 Å². The van der Waals surface area contributed by atoms with Crippen molar-refractivity contribution in [2.75, 3.05) is 0 Å². The Morgan fingerprint density at radius 3 is 0.906 bits per heavy atom. The molecule has 3 aliphatic carbocycles. The minimum absolute atomic E-state index is 0.